The molecule has 0 saturated carbocycles. The molecule has 0 amide bonds. The molecule has 0 unspecified atom stereocenters. The van der Waals surface area contributed by atoms with Crippen molar-refractivity contribution in [3.8, 4) is 0 Å². The summed E-state index contributed by atoms with van der Waals surface area (Å²) in [6.45, 7) is 6.20. The number of hydrogen-bond donors (Lipinski definition) is 0. The van der Waals surface area contributed by atoms with Crippen molar-refractivity contribution in [3.63, 3.8) is 0 Å². The van der Waals surface area contributed by atoms with Gasteiger partial charge >= 0.3 is 0 Å². The largest absolute Gasteiger partial charge is 0.441 e. The number of fused-ring (bicyclic) bond motifs is 3. The number of imidazole rings is 1. The highest BCUT2D eigenvalue weighted by atomic mass is 32.1. The number of piperidine rings is 1. The van der Waals surface area contributed by atoms with Gasteiger partial charge in [-0.05, 0) is 62.4 Å². The van der Waals surface area contributed by atoms with Crippen LogP contribution in [0.4, 0.5) is 5.88 Å². The molecule has 1 aliphatic rings. The molecule has 0 N–H and O–H groups in total. The predicted molar refractivity (Wildman–Crippen MR) is 110 cm³/mol. The fraction of sp³-hybridized carbons (Fsp3) is 0.333. The first-order valence-corrected chi connectivity index (χ1v) is 10.2. The summed E-state index contributed by atoms with van der Waals surface area (Å²) in [5.41, 5.74) is 4.07. The smallest absolute Gasteiger partial charge is 0.275 e. The fourth-order valence-electron chi connectivity index (χ4n) is 3.75. The van der Waals surface area contributed by atoms with Gasteiger partial charge in [-0.3, -0.25) is 4.79 Å². The Kier molecular flexibility index (Phi) is 3.82. The monoisotopic (exact) mass is 379 g/mol. The van der Waals surface area contributed by atoms with Crippen LogP contribution in [0, 0.1) is 13.8 Å². The molecule has 3 aromatic heterocycles. The first kappa shape index (κ1) is 16.6. The summed E-state index contributed by atoms with van der Waals surface area (Å²) in [7, 11) is 0. The Balaban J connectivity index is 1.59. The van der Waals surface area contributed by atoms with E-state index in [1.807, 2.05) is 30.3 Å². The van der Waals surface area contributed by atoms with Crippen LogP contribution in [-0.4, -0.2) is 22.5 Å². The van der Waals surface area contributed by atoms with Crippen LogP contribution in [-0.2, 0) is 0 Å². The van der Waals surface area contributed by atoms with Crippen LogP contribution in [0.5, 0.6) is 0 Å². The Bertz CT molecular complexity index is 1260. The second-order valence-corrected chi connectivity index (χ2v) is 8.30. The minimum absolute atomic E-state index is 0.0309. The van der Waals surface area contributed by atoms with Gasteiger partial charge in [0, 0.05) is 25.2 Å². The van der Waals surface area contributed by atoms with Gasteiger partial charge in [0.15, 0.2) is 10.8 Å². The van der Waals surface area contributed by atoms with Crippen molar-refractivity contribution in [1.82, 2.24) is 9.38 Å². The van der Waals surface area contributed by atoms with Crippen LogP contribution in [0.1, 0.15) is 36.1 Å². The molecule has 0 spiro atoms. The lowest BCUT2D eigenvalue weighted by Crippen LogP contribution is -2.28. The quantitative estimate of drug-likeness (QED) is 0.533. The molecule has 138 valence electrons. The Hall–Kier alpha value is -2.60. The second kappa shape index (κ2) is 6.23. The van der Waals surface area contributed by atoms with Gasteiger partial charge in [0.1, 0.15) is 10.3 Å². The molecule has 0 aliphatic carbocycles. The molecule has 1 aliphatic heterocycles. The van der Waals surface area contributed by atoms with Gasteiger partial charge < -0.3 is 9.32 Å². The van der Waals surface area contributed by atoms with Crippen LogP contribution in [0.15, 0.2) is 33.5 Å². The first-order valence-electron chi connectivity index (χ1n) is 9.39. The highest BCUT2D eigenvalue weighted by molar-refractivity contribution is 7.15. The molecule has 0 atom stereocenters. The van der Waals surface area contributed by atoms with Crippen LogP contribution in [0.2, 0.25) is 0 Å². The number of aryl methyl sites for hydroxylation is 2. The number of benzene rings is 1. The lowest BCUT2D eigenvalue weighted by atomic mass is 10.1. The molecule has 27 heavy (non-hydrogen) atoms. The molecule has 1 saturated heterocycles. The van der Waals surface area contributed by atoms with Gasteiger partial charge in [0.2, 0.25) is 0 Å². The number of rotatable bonds is 2. The third kappa shape index (κ3) is 2.75. The van der Waals surface area contributed by atoms with Crippen LogP contribution in [0.3, 0.4) is 0 Å². The van der Waals surface area contributed by atoms with Crippen LogP contribution < -0.4 is 15.0 Å². The minimum Gasteiger partial charge on any atom is -0.441 e. The van der Waals surface area contributed by atoms with E-state index in [-0.39, 0.29) is 5.56 Å². The summed E-state index contributed by atoms with van der Waals surface area (Å²) < 4.78 is 8.35. The maximum absolute atomic E-state index is 13.0. The SMILES string of the molecule is Cc1cc2nc3s/c(=C\c4ccc(N5CCCCC5)o4)c(=O)n3c2cc1C. The average molecular weight is 379 g/mol. The zero-order valence-corrected chi connectivity index (χ0v) is 16.3. The topological polar surface area (TPSA) is 50.8 Å². The third-order valence-electron chi connectivity index (χ3n) is 5.41. The Morgan fingerprint density at radius 1 is 1.11 bits per heavy atom. The normalized spacial score (nSPS) is 16.1. The van der Waals surface area contributed by atoms with Crippen LogP contribution >= 0.6 is 11.3 Å². The van der Waals surface area contributed by atoms with Crippen molar-refractivity contribution in [2.24, 2.45) is 0 Å². The molecule has 4 heterocycles. The lowest BCUT2D eigenvalue weighted by Gasteiger charge is -2.25. The number of anilines is 1. The molecule has 1 fully saturated rings. The van der Waals surface area contributed by atoms with E-state index in [1.165, 1.54) is 36.2 Å². The zero-order valence-electron chi connectivity index (χ0n) is 15.5. The minimum atomic E-state index is -0.0309. The van der Waals surface area contributed by atoms with Gasteiger partial charge in [0.25, 0.3) is 5.56 Å². The van der Waals surface area contributed by atoms with Crippen LogP contribution in [0.25, 0.3) is 22.1 Å². The van der Waals surface area contributed by atoms with E-state index in [1.54, 1.807) is 4.40 Å². The Labute approximate surface area is 160 Å². The Morgan fingerprint density at radius 2 is 1.89 bits per heavy atom. The number of thiazole rings is 1. The standard InChI is InChI=1S/C21H21N3O2S/c1-13-10-16-17(11-14(13)2)24-20(25)18(27-21(24)22-16)12-15-6-7-19(26-15)23-8-4-3-5-9-23/h6-7,10-12H,3-5,8-9H2,1-2H3/b18-12-. The molecule has 0 radical (unpaired) electrons. The molecule has 4 aromatic rings. The number of aromatic nitrogens is 2. The maximum atomic E-state index is 13.0. The molecule has 5 rings (SSSR count). The zero-order chi connectivity index (χ0) is 18.5. The van der Waals surface area contributed by atoms with Crippen molar-refractivity contribution in [2.75, 3.05) is 18.0 Å². The molecular formula is C21H21N3O2S. The summed E-state index contributed by atoms with van der Waals surface area (Å²) >= 11 is 1.41. The number of furan rings is 1. The molecule has 6 heteroatoms. The predicted octanol–water partition coefficient (Wildman–Crippen LogP) is 3.66. The van der Waals surface area contributed by atoms with E-state index < -0.39 is 0 Å². The van der Waals surface area contributed by atoms with Gasteiger partial charge in [0.05, 0.1) is 11.0 Å². The third-order valence-corrected chi connectivity index (χ3v) is 6.38. The number of nitrogens with zero attached hydrogens (tertiary/aromatic N) is 3. The van der Waals surface area contributed by atoms with Gasteiger partial charge in [-0.25, -0.2) is 9.38 Å². The second-order valence-electron chi connectivity index (χ2n) is 7.29. The van der Waals surface area contributed by atoms with Crippen molar-refractivity contribution in [1.29, 1.82) is 0 Å². The maximum Gasteiger partial charge on any atom is 0.275 e. The van der Waals surface area contributed by atoms with Crippen molar-refractivity contribution < 1.29 is 4.42 Å². The average Bonchev–Trinajstić information content (AvgIpc) is 3.34. The molecule has 0 bridgehead atoms. The first-order chi connectivity index (χ1) is 13.1. The van der Waals surface area contributed by atoms with Crippen molar-refractivity contribution in [3.05, 3.63) is 56.0 Å². The summed E-state index contributed by atoms with van der Waals surface area (Å²) in [6, 6.07) is 8.04. The summed E-state index contributed by atoms with van der Waals surface area (Å²) in [5.74, 6) is 1.61. The Morgan fingerprint density at radius 3 is 2.70 bits per heavy atom. The molecule has 1 aromatic carbocycles. The molecule has 5 nitrogen and oxygen atoms in total. The van der Waals surface area contributed by atoms with Gasteiger partial charge in [-0.1, -0.05) is 11.3 Å². The van der Waals surface area contributed by atoms with E-state index in [9.17, 15) is 4.79 Å². The van der Waals surface area contributed by atoms with E-state index in [0.717, 1.165) is 40.5 Å². The highest BCUT2D eigenvalue weighted by Gasteiger charge is 2.15. The summed E-state index contributed by atoms with van der Waals surface area (Å²) in [4.78, 5) is 20.6. The van der Waals surface area contributed by atoms with E-state index in [2.05, 4.69) is 23.7 Å². The van der Waals surface area contributed by atoms with E-state index >= 15 is 0 Å². The summed E-state index contributed by atoms with van der Waals surface area (Å²) in [5, 5.41) is 0. The van der Waals surface area contributed by atoms with E-state index in [0.29, 0.717) is 10.3 Å². The highest BCUT2D eigenvalue weighted by Crippen LogP contribution is 2.23. The van der Waals surface area contributed by atoms with E-state index in [4.69, 9.17) is 4.42 Å². The van der Waals surface area contributed by atoms with Gasteiger partial charge in [-0.2, -0.15) is 0 Å². The molecular weight excluding hydrogens is 358 g/mol. The van der Waals surface area contributed by atoms with Gasteiger partial charge in [-0.15, -0.1) is 0 Å². The lowest BCUT2D eigenvalue weighted by molar-refractivity contribution is 0.496. The van der Waals surface area contributed by atoms with Crippen molar-refractivity contribution in [2.45, 2.75) is 33.1 Å². The number of hydrogen-bond acceptors (Lipinski definition) is 5. The van der Waals surface area contributed by atoms with Crippen molar-refractivity contribution >= 4 is 39.3 Å². The summed E-state index contributed by atoms with van der Waals surface area (Å²) in [6.07, 6.45) is 5.54. The fourth-order valence-corrected chi connectivity index (χ4v) is 4.72.